The molecule has 0 N–H and O–H groups in total. The minimum Gasteiger partial charge on any atom is -0.454 e. The van der Waals surface area contributed by atoms with Gasteiger partial charge in [-0.3, -0.25) is 4.79 Å². The van der Waals surface area contributed by atoms with E-state index in [1.807, 2.05) is 30.3 Å². The maximum absolute atomic E-state index is 11.5. The highest BCUT2D eigenvalue weighted by molar-refractivity contribution is 5.71. The topological polar surface area (TPSA) is 75.1 Å². The molecule has 1 heterocycles. The molecule has 88 valence electrons. The van der Waals surface area contributed by atoms with Crippen molar-refractivity contribution >= 4 is 5.97 Å². The van der Waals surface area contributed by atoms with Gasteiger partial charge in [0.1, 0.15) is 5.60 Å². The summed E-state index contributed by atoms with van der Waals surface area (Å²) in [5.74, 6) is -0.228. The van der Waals surface area contributed by atoms with Crippen molar-refractivity contribution in [3.05, 3.63) is 46.3 Å². The number of benzene rings is 1. The van der Waals surface area contributed by atoms with Crippen LogP contribution in [0.2, 0.25) is 0 Å². The molecule has 1 fully saturated rings. The first kappa shape index (κ1) is 11.5. The number of nitrogens with zero attached hydrogens (tertiary/aromatic N) is 3. The van der Waals surface area contributed by atoms with Gasteiger partial charge in [-0.1, -0.05) is 35.4 Å². The van der Waals surface area contributed by atoms with Gasteiger partial charge in [-0.2, -0.15) is 0 Å². The van der Waals surface area contributed by atoms with Crippen LogP contribution in [0, 0.1) is 0 Å². The highest BCUT2D eigenvalue weighted by Gasteiger charge is 2.38. The van der Waals surface area contributed by atoms with Crippen LogP contribution in [0.15, 0.2) is 35.4 Å². The SMILES string of the molecule is [N-]=[N+]=NC[C@@]1(c2ccccc2)CCCC(=O)O1. The van der Waals surface area contributed by atoms with Crippen LogP contribution in [-0.2, 0) is 15.1 Å². The molecule has 0 aliphatic carbocycles. The maximum atomic E-state index is 11.5. The zero-order chi connectivity index (χ0) is 12.1. The first-order valence-electron chi connectivity index (χ1n) is 5.55. The Hall–Kier alpha value is -2.00. The minimum absolute atomic E-state index is 0.152. The Labute approximate surface area is 99.0 Å². The number of ether oxygens (including phenoxy) is 1. The Morgan fingerprint density at radius 2 is 2.18 bits per heavy atom. The highest BCUT2D eigenvalue weighted by atomic mass is 16.6. The van der Waals surface area contributed by atoms with Gasteiger partial charge in [0.15, 0.2) is 0 Å². The average molecular weight is 231 g/mol. The van der Waals surface area contributed by atoms with Crippen LogP contribution in [-0.4, -0.2) is 12.5 Å². The molecule has 0 unspecified atom stereocenters. The van der Waals surface area contributed by atoms with Crippen LogP contribution < -0.4 is 0 Å². The molecular formula is C12H13N3O2. The third-order valence-electron chi connectivity index (χ3n) is 2.96. The number of hydrogen-bond donors (Lipinski definition) is 0. The summed E-state index contributed by atoms with van der Waals surface area (Å²) in [7, 11) is 0. The van der Waals surface area contributed by atoms with E-state index in [1.54, 1.807) is 0 Å². The molecule has 2 rings (SSSR count). The summed E-state index contributed by atoms with van der Waals surface area (Å²) in [6, 6.07) is 9.46. The van der Waals surface area contributed by atoms with Crippen molar-refractivity contribution in [1.82, 2.24) is 0 Å². The Balaban J connectivity index is 2.35. The third kappa shape index (κ3) is 2.40. The van der Waals surface area contributed by atoms with Crippen molar-refractivity contribution in [2.75, 3.05) is 6.54 Å². The van der Waals surface area contributed by atoms with Gasteiger partial charge in [-0.05, 0) is 23.9 Å². The molecule has 1 saturated heterocycles. The molecule has 0 radical (unpaired) electrons. The number of esters is 1. The fourth-order valence-electron chi connectivity index (χ4n) is 2.13. The van der Waals surface area contributed by atoms with Crippen LogP contribution in [0.1, 0.15) is 24.8 Å². The quantitative estimate of drug-likeness (QED) is 0.347. The molecule has 5 nitrogen and oxygen atoms in total. The Morgan fingerprint density at radius 1 is 1.41 bits per heavy atom. The second kappa shape index (κ2) is 4.89. The van der Waals surface area contributed by atoms with Gasteiger partial charge < -0.3 is 4.74 Å². The van der Waals surface area contributed by atoms with Crippen LogP contribution in [0.3, 0.4) is 0 Å². The molecule has 5 heteroatoms. The lowest BCUT2D eigenvalue weighted by Crippen LogP contribution is -2.38. The van der Waals surface area contributed by atoms with E-state index in [0.717, 1.165) is 12.0 Å². The molecule has 0 amide bonds. The molecule has 1 aromatic rings. The van der Waals surface area contributed by atoms with Gasteiger partial charge in [0.05, 0.1) is 6.54 Å². The maximum Gasteiger partial charge on any atom is 0.306 e. The molecule has 1 aromatic carbocycles. The lowest BCUT2D eigenvalue weighted by atomic mass is 9.86. The fourth-order valence-corrected chi connectivity index (χ4v) is 2.13. The number of carbonyl (C=O) groups is 1. The van der Waals surface area contributed by atoms with Crippen molar-refractivity contribution in [3.63, 3.8) is 0 Å². The monoisotopic (exact) mass is 231 g/mol. The van der Waals surface area contributed by atoms with Crippen LogP contribution in [0.4, 0.5) is 0 Å². The first-order chi connectivity index (χ1) is 8.27. The van der Waals surface area contributed by atoms with Crippen molar-refractivity contribution < 1.29 is 9.53 Å². The van der Waals surface area contributed by atoms with Crippen molar-refractivity contribution in [1.29, 1.82) is 0 Å². The van der Waals surface area contributed by atoms with Gasteiger partial charge in [-0.25, -0.2) is 0 Å². The number of carbonyl (C=O) groups excluding carboxylic acids is 1. The zero-order valence-corrected chi connectivity index (χ0v) is 9.37. The summed E-state index contributed by atoms with van der Waals surface area (Å²) in [4.78, 5) is 14.2. The van der Waals surface area contributed by atoms with E-state index in [4.69, 9.17) is 10.3 Å². The smallest absolute Gasteiger partial charge is 0.306 e. The molecular weight excluding hydrogens is 218 g/mol. The second-order valence-electron chi connectivity index (χ2n) is 4.08. The molecule has 0 bridgehead atoms. The molecule has 0 spiro atoms. The van der Waals surface area contributed by atoms with Gasteiger partial charge in [-0.15, -0.1) is 0 Å². The summed E-state index contributed by atoms with van der Waals surface area (Å²) >= 11 is 0. The molecule has 1 aliphatic rings. The van der Waals surface area contributed by atoms with E-state index < -0.39 is 5.60 Å². The summed E-state index contributed by atoms with van der Waals surface area (Å²) in [6.45, 7) is 0.152. The van der Waals surface area contributed by atoms with E-state index in [1.165, 1.54) is 0 Å². The van der Waals surface area contributed by atoms with E-state index in [2.05, 4.69) is 10.0 Å². The Bertz CT molecular complexity index is 450. The number of cyclic esters (lactones) is 1. The van der Waals surface area contributed by atoms with E-state index in [-0.39, 0.29) is 12.5 Å². The number of hydrogen-bond acceptors (Lipinski definition) is 3. The van der Waals surface area contributed by atoms with Gasteiger partial charge in [0.2, 0.25) is 0 Å². The standard InChI is InChI=1S/C12H13N3O2/c13-15-14-9-12(8-4-7-11(16)17-12)10-5-2-1-3-6-10/h1-3,5-6H,4,7-9H2/t12-/m1/s1. The molecule has 17 heavy (non-hydrogen) atoms. The number of rotatable bonds is 3. The molecule has 0 aromatic heterocycles. The van der Waals surface area contributed by atoms with Crippen molar-refractivity contribution in [3.8, 4) is 0 Å². The third-order valence-corrected chi connectivity index (χ3v) is 2.96. The number of azide groups is 1. The van der Waals surface area contributed by atoms with Crippen LogP contribution in [0.25, 0.3) is 10.4 Å². The van der Waals surface area contributed by atoms with Gasteiger partial charge in [0.25, 0.3) is 0 Å². The fraction of sp³-hybridized carbons (Fsp3) is 0.417. The normalized spacial score (nSPS) is 23.6. The van der Waals surface area contributed by atoms with E-state index in [0.29, 0.717) is 12.8 Å². The summed E-state index contributed by atoms with van der Waals surface area (Å²) in [5.41, 5.74) is 8.56. The summed E-state index contributed by atoms with van der Waals surface area (Å²) in [6.07, 6.45) is 1.89. The Kier molecular flexibility index (Phi) is 3.30. The lowest BCUT2D eigenvalue weighted by molar-refractivity contribution is -0.167. The van der Waals surface area contributed by atoms with Crippen LogP contribution >= 0.6 is 0 Å². The van der Waals surface area contributed by atoms with Crippen molar-refractivity contribution in [2.24, 2.45) is 5.11 Å². The molecule has 1 atom stereocenters. The van der Waals surface area contributed by atoms with Crippen molar-refractivity contribution in [2.45, 2.75) is 24.9 Å². The summed E-state index contributed by atoms with van der Waals surface area (Å²) < 4.78 is 5.46. The molecule has 1 aliphatic heterocycles. The van der Waals surface area contributed by atoms with Gasteiger partial charge in [0, 0.05) is 11.3 Å². The minimum atomic E-state index is -0.775. The highest BCUT2D eigenvalue weighted by Crippen LogP contribution is 2.36. The van der Waals surface area contributed by atoms with E-state index >= 15 is 0 Å². The molecule has 0 saturated carbocycles. The van der Waals surface area contributed by atoms with E-state index in [9.17, 15) is 4.79 Å². The first-order valence-corrected chi connectivity index (χ1v) is 5.55. The average Bonchev–Trinajstić information content (AvgIpc) is 2.37. The summed E-state index contributed by atoms with van der Waals surface area (Å²) in [5, 5.41) is 3.58. The predicted molar refractivity (Wildman–Crippen MR) is 62.1 cm³/mol. The largest absolute Gasteiger partial charge is 0.454 e. The second-order valence-corrected chi connectivity index (χ2v) is 4.08. The predicted octanol–water partition coefficient (Wildman–Crippen LogP) is 2.92. The van der Waals surface area contributed by atoms with Gasteiger partial charge >= 0.3 is 5.97 Å². The Morgan fingerprint density at radius 3 is 2.82 bits per heavy atom. The van der Waals surface area contributed by atoms with Crippen LogP contribution in [0.5, 0.6) is 0 Å². The lowest BCUT2D eigenvalue weighted by Gasteiger charge is -2.36. The zero-order valence-electron chi connectivity index (χ0n) is 9.37.